The lowest BCUT2D eigenvalue weighted by Crippen LogP contribution is -2.36. The normalized spacial score (nSPS) is 16.2. The number of piperidine rings is 1. The third-order valence-corrected chi connectivity index (χ3v) is 5.18. The van der Waals surface area contributed by atoms with E-state index in [1.807, 2.05) is 24.3 Å². The summed E-state index contributed by atoms with van der Waals surface area (Å²) in [6.45, 7) is 4.78. The van der Waals surface area contributed by atoms with Crippen LogP contribution >= 0.6 is 0 Å². The van der Waals surface area contributed by atoms with Crippen molar-refractivity contribution in [1.29, 1.82) is 0 Å². The third-order valence-electron chi connectivity index (χ3n) is 5.18. The molecule has 26 heavy (non-hydrogen) atoms. The maximum absolute atomic E-state index is 12.6. The van der Waals surface area contributed by atoms with Gasteiger partial charge >= 0.3 is 5.76 Å². The number of hydrogen-bond donors (Lipinski definition) is 0. The molecule has 0 amide bonds. The van der Waals surface area contributed by atoms with Gasteiger partial charge in [0.2, 0.25) is 0 Å². The Labute approximate surface area is 151 Å². The molecule has 1 saturated heterocycles. The minimum absolute atomic E-state index is 0.0760. The van der Waals surface area contributed by atoms with Crippen molar-refractivity contribution in [2.24, 2.45) is 5.92 Å². The lowest BCUT2D eigenvalue weighted by Gasteiger charge is -2.29. The number of ketones is 1. The summed E-state index contributed by atoms with van der Waals surface area (Å²) in [5.74, 6) is 0.298. The first-order chi connectivity index (χ1) is 12.6. The number of carbonyl (C=O) groups excluding carboxylic acids is 1. The second kappa shape index (κ2) is 6.92. The van der Waals surface area contributed by atoms with E-state index in [2.05, 4.69) is 11.8 Å². The Morgan fingerprint density at radius 2 is 1.81 bits per heavy atom. The number of fused-ring (bicyclic) bond motifs is 1. The van der Waals surface area contributed by atoms with Crippen molar-refractivity contribution in [3.05, 3.63) is 70.2 Å². The van der Waals surface area contributed by atoms with E-state index in [-0.39, 0.29) is 11.5 Å². The van der Waals surface area contributed by atoms with E-state index in [0.717, 1.165) is 37.4 Å². The Morgan fingerprint density at radius 1 is 1.08 bits per heavy atom. The SMILES string of the molecule is CC1CCN(Cn2c(=O)oc3cc(C(=O)c4ccccc4)ccc32)CC1. The van der Waals surface area contributed by atoms with Crippen LogP contribution in [0.2, 0.25) is 0 Å². The molecule has 0 spiro atoms. The fourth-order valence-corrected chi connectivity index (χ4v) is 3.50. The molecule has 1 fully saturated rings. The van der Waals surface area contributed by atoms with Gasteiger partial charge in [-0.15, -0.1) is 0 Å². The summed E-state index contributed by atoms with van der Waals surface area (Å²) in [4.78, 5) is 27.2. The van der Waals surface area contributed by atoms with E-state index < -0.39 is 0 Å². The van der Waals surface area contributed by atoms with Gasteiger partial charge in [-0.3, -0.25) is 14.3 Å². The van der Waals surface area contributed by atoms with Crippen LogP contribution < -0.4 is 5.76 Å². The minimum Gasteiger partial charge on any atom is -0.408 e. The molecule has 0 bridgehead atoms. The van der Waals surface area contributed by atoms with Crippen molar-refractivity contribution in [2.45, 2.75) is 26.4 Å². The molecule has 0 saturated carbocycles. The third kappa shape index (κ3) is 3.22. The number of aromatic nitrogens is 1. The zero-order valence-corrected chi connectivity index (χ0v) is 14.9. The van der Waals surface area contributed by atoms with Crippen LogP contribution in [0.5, 0.6) is 0 Å². The molecule has 1 aliphatic rings. The van der Waals surface area contributed by atoms with E-state index in [0.29, 0.717) is 23.4 Å². The molecule has 5 heteroatoms. The Bertz CT molecular complexity index is 979. The quantitative estimate of drug-likeness (QED) is 0.676. The van der Waals surface area contributed by atoms with Crippen molar-refractivity contribution in [1.82, 2.24) is 9.47 Å². The molecule has 134 valence electrons. The molecular formula is C21H22N2O3. The number of nitrogens with zero attached hydrogens (tertiary/aromatic N) is 2. The Hall–Kier alpha value is -2.66. The average Bonchev–Trinajstić information content (AvgIpc) is 2.98. The molecule has 5 nitrogen and oxygen atoms in total. The second-order valence-corrected chi connectivity index (χ2v) is 7.12. The highest BCUT2D eigenvalue weighted by Gasteiger charge is 2.19. The summed E-state index contributed by atoms with van der Waals surface area (Å²) in [5, 5.41) is 0. The zero-order chi connectivity index (χ0) is 18.1. The molecule has 4 rings (SSSR count). The smallest absolute Gasteiger partial charge is 0.408 e. The molecule has 0 radical (unpaired) electrons. The molecule has 1 aliphatic heterocycles. The molecule has 0 aliphatic carbocycles. The van der Waals surface area contributed by atoms with Gasteiger partial charge in [0.15, 0.2) is 11.4 Å². The van der Waals surface area contributed by atoms with Crippen LogP contribution in [0.15, 0.2) is 57.7 Å². The first kappa shape index (κ1) is 16.8. The van der Waals surface area contributed by atoms with Crippen LogP contribution in [0.4, 0.5) is 0 Å². The molecule has 0 unspecified atom stereocenters. The van der Waals surface area contributed by atoms with Gasteiger partial charge in [-0.25, -0.2) is 4.79 Å². The molecule has 3 aromatic rings. The van der Waals surface area contributed by atoms with E-state index in [1.54, 1.807) is 28.8 Å². The number of benzene rings is 2. The molecule has 2 aromatic carbocycles. The van der Waals surface area contributed by atoms with E-state index in [1.165, 1.54) is 0 Å². The average molecular weight is 350 g/mol. The lowest BCUT2D eigenvalue weighted by molar-refractivity contribution is 0.103. The lowest BCUT2D eigenvalue weighted by atomic mass is 10.00. The predicted molar refractivity (Wildman–Crippen MR) is 100 cm³/mol. The fourth-order valence-electron chi connectivity index (χ4n) is 3.50. The number of rotatable bonds is 4. The summed E-state index contributed by atoms with van der Waals surface area (Å²) >= 11 is 0. The Kier molecular flexibility index (Phi) is 4.47. The van der Waals surface area contributed by atoms with Crippen LogP contribution in [-0.4, -0.2) is 28.3 Å². The molecule has 1 aromatic heterocycles. The largest absolute Gasteiger partial charge is 0.421 e. The summed E-state index contributed by atoms with van der Waals surface area (Å²) < 4.78 is 7.07. The summed E-state index contributed by atoms with van der Waals surface area (Å²) in [6, 6.07) is 14.4. The molecule has 0 N–H and O–H groups in total. The van der Waals surface area contributed by atoms with Gasteiger partial charge in [-0.2, -0.15) is 0 Å². The van der Waals surface area contributed by atoms with Crippen molar-refractivity contribution in [3.8, 4) is 0 Å². The number of hydrogen-bond acceptors (Lipinski definition) is 4. The summed E-state index contributed by atoms with van der Waals surface area (Å²) in [7, 11) is 0. The van der Waals surface area contributed by atoms with E-state index in [4.69, 9.17) is 4.42 Å². The zero-order valence-electron chi connectivity index (χ0n) is 14.9. The van der Waals surface area contributed by atoms with Crippen LogP contribution in [-0.2, 0) is 6.67 Å². The van der Waals surface area contributed by atoms with Gasteiger partial charge in [0, 0.05) is 24.2 Å². The van der Waals surface area contributed by atoms with Gasteiger partial charge in [0.1, 0.15) is 0 Å². The van der Waals surface area contributed by atoms with Gasteiger partial charge < -0.3 is 4.42 Å². The van der Waals surface area contributed by atoms with E-state index >= 15 is 0 Å². The van der Waals surface area contributed by atoms with Gasteiger partial charge in [-0.05, 0) is 37.0 Å². The summed E-state index contributed by atoms with van der Waals surface area (Å²) in [5.41, 5.74) is 2.34. The Balaban J connectivity index is 1.62. The van der Waals surface area contributed by atoms with E-state index in [9.17, 15) is 9.59 Å². The second-order valence-electron chi connectivity index (χ2n) is 7.12. The maximum Gasteiger partial charge on any atom is 0.421 e. The molecule has 2 heterocycles. The Morgan fingerprint density at radius 3 is 2.54 bits per heavy atom. The highest BCUT2D eigenvalue weighted by atomic mass is 16.4. The topological polar surface area (TPSA) is 55.5 Å². The van der Waals surface area contributed by atoms with Crippen LogP contribution in [0, 0.1) is 5.92 Å². The highest BCUT2D eigenvalue weighted by molar-refractivity contribution is 6.10. The van der Waals surface area contributed by atoms with Crippen LogP contribution in [0.25, 0.3) is 11.1 Å². The monoisotopic (exact) mass is 350 g/mol. The first-order valence-electron chi connectivity index (χ1n) is 9.07. The van der Waals surface area contributed by atoms with Crippen molar-refractivity contribution < 1.29 is 9.21 Å². The predicted octanol–water partition coefficient (Wildman–Crippen LogP) is 3.51. The van der Waals surface area contributed by atoms with Crippen LogP contribution in [0.3, 0.4) is 0 Å². The number of likely N-dealkylation sites (tertiary alicyclic amines) is 1. The molecule has 0 atom stereocenters. The summed E-state index contributed by atoms with van der Waals surface area (Å²) in [6.07, 6.45) is 2.31. The van der Waals surface area contributed by atoms with Gasteiger partial charge in [0.25, 0.3) is 0 Å². The van der Waals surface area contributed by atoms with Gasteiger partial charge in [0.05, 0.1) is 12.2 Å². The highest BCUT2D eigenvalue weighted by Crippen LogP contribution is 2.20. The standard InChI is InChI=1S/C21H22N2O3/c1-15-9-11-22(12-10-15)14-23-18-8-7-17(13-19(18)26-21(23)25)20(24)16-5-3-2-4-6-16/h2-8,13,15H,9-12,14H2,1H3. The van der Waals surface area contributed by atoms with Crippen LogP contribution in [0.1, 0.15) is 35.7 Å². The van der Waals surface area contributed by atoms with Crippen molar-refractivity contribution in [3.63, 3.8) is 0 Å². The fraction of sp³-hybridized carbons (Fsp3) is 0.333. The van der Waals surface area contributed by atoms with Crippen molar-refractivity contribution >= 4 is 16.9 Å². The minimum atomic E-state index is -0.372. The molecular weight excluding hydrogens is 328 g/mol. The first-order valence-corrected chi connectivity index (χ1v) is 9.07. The number of oxazole rings is 1. The van der Waals surface area contributed by atoms with Crippen molar-refractivity contribution in [2.75, 3.05) is 13.1 Å². The number of carbonyl (C=O) groups is 1. The maximum atomic E-state index is 12.6. The van der Waals surface area contributed by atoms with Gasteiger partial charge in [-0.1, -0.05) is 37.3 Å².